The highest BCUT2D eigenvalue weighted by Crippen LogP contribution is 2.33. The molecule has 1 heterocycles. The van der Waals surface area contributed by atoms with Crippen LogP contribution in [0.3, 0.4) is 0 Å². The second-order valence-corrected chi connectivity index (χ2v) is 5.21. The third kappa shape index (κ3) is 2.37. The fourth-order valence-corrected chi connectivity index (χ4v) is 2.96. The van der Waals surface area contributed by atoms with Crippen molar-refractivity contribution in [2.75, 3.05) is 6.61 Å². The molecule has 0 amide bonds. The maximum atomic E-state index is 12.2. The molecule has 0 unspecified atom stereocenters. The molecule has 0 saturated heterocycles. The number of hydrogen-bond donors (Lipinski definition) is 1. The van der Waals surface area contributed by atoms with Gasteiger partial charge in [0.15, 0.2) is 5.43 Å². The van der Waals surface area contributed by atoms with Crippen molar-refractivity contribution < 1.29 is 4.74 Å². The normalized spacial score (nSPS) is 16.1. The number of fused-ring (bicyclic) bond motifs is 1. The third-order valence-electron chi connectivity index (χ3n) is 3.93. The van der Waals surface area contributed by atoms with Crippen LogP contribution in [-0.2, 0) is 0 Å². The summed E-state index contributed by atoms with van der Waals surface area (Å²) in [5, 5.41) is 0.715. The van der Waals surface area contributed by atoms with Crippen LogP contribution < -0.4 is 10.2 Å². The van der Waals surface area contributed by atoms with Gasteiger partial charge in [0.25, 0.3) is 0 Å². The van der Waals surface area contributed by atoms with Crippen molar-refractivity contribution in [3.63, 3.8) is 0 Å². The highest BCUT2D eigenvalue weighted by atomic mass is 16.5. The minimum atomic E-state index is 0.0946. The van der Waals surface area contributed by atoms with Crippen molar-refractivity contribution in [1.82, 2.24) is 4.98 Å². The Balaban J connectivity index is 2.06. The molecule has 1 N–H and O–H groups in total. The molecule has 0 atom stereocenters. The lowest BCUT2D eigenvalue weighted by molar-refractivity contribution is 0.340. The number of benzene rings is 1. The van der Waals surface area contributed by atoms with Crippen LogP contribution in [0.4, 0.5) is 0 Å². The van der Waals surface area contributed by atoms with E-state index in [2.05, 4.69) is 4.98 Å². The molecular weight excluding hydrogens is 238 g/mol. The van der Waals surface area contributed by atoms with E-state index < -0.39 is 0 Å². The number of nitrogens with one attached hydrogen (secondary N) is 1. The van der Waals surface area contributed by atoms with Crippen LogP contribution in [0, 0.1) is 0 Å². The summed E-state index contributed by atoms with van der Waals surface area (Å²) in [7, 11) is 0. The van der Waals surface area contributed by atoms with E-state index in [-0.39, 0.29) is 5.43 Å². The summed E-state index contributed by atoms with van der Waals surface area (Å²) >= 11 is 0. The SMILES string of the molecule is CCOc1ccc2[nH]c(C3CCCC3)cc(=O)c2c1. The second-order valence-electron chi connectivity index (χ2n) is 5.21. The van der Waals surface area contributed by atoms with Crippen molar-refractivity contribution in [3.8, 4) is 5.75 Å². The Bertz CT molecular complexity index is 639. The molecule has 1 saturated carbocycles. The number of H-pyrrole nitrogens is 1. The van der Waals surface area contributed by atoms with Crippen molar-refractivity contribution in [3.05, 3.63) is 40.2 Å². The summed E-state index contributed by atoms with van der Waals surface area (Å²) in [5.41, 5.74) is 2.11. The molecule has 0 radical (unpaired) electrons. The number of aromatic amines is 1. The van der Waals surface area contributed by atoms with Gasteiger partial charge in [0.05, 0.1) is 6.61 Å². The second kappa shape index (κ2) is 5.08. The molecule has 1 aromatic heterocycles. The molecule has 3 heteroatoms. The maximum absolute atomic E-state index is 12.2. The summed E-state index contributed by atoms with van der Waals surface area (Å²) in [4.78, 5) is 15.7. The molecule has 1 aliphatic rings. The first-order chi connectivity index (χ1) is 9.28. The van der Waals surface area contributed by atoms with E-state index in [1.807, 2.05) is 25.1 Å². The highest BCUT2D eigenvalue weighted by Gasteiger charge is 2.18. The largest absolute Gasteiger partial charge is 0.494 e. The van der Waals surface area contributed by atoms with Gasteiger partial charge in [-0.25, -0.2) is 0 Å². The van der Waals surface area contributed by atoms with Gasteiger partial charge in [0, 0.05) is 22.7 Å². The average Bonchev–Trinajstić information content (AvgIpc) is 2.93. The van der Waals surface area contributed by atoms with E-state index in [1.165, 1.54) is 25.7 Å². The van der Waals surface area contributed by atoms with E-state index >= 15 is 0 Å². The van der Waals surface area contributed by atoms with E-state index in [1.54, 1.807) is 6.07 Å². The smallest absolute Gasteiger partial charge is 0.189 e. The van der Waals surface area contributed by atoms with E-state index in [9.17, 15) is 4.79 Å². The van der Waals surface area contributed by atoms with Crippen molar-refractivity contribution in [2.45, 2.75) is 38.5 Å². The quantitative estimate of drug-likeness (QED) is 0.913. The van der Waals surface area contributed by atoms with Crippen LogP contribution >= 0.6 is 0 Å². The van der Waals surface area contributed by atoms with Gasteiger partial charge in [-0.2, -0.15) is 0 Å². The first kappa shape index (κ1) is 12.3. The zero-order chi connectivity index (χ0) is 13.2. The van der Waals surface area contributed by atoms with Crippen molar-refractivity contribution in [1.29, 1.82) is 0 Å². The predicted molar refractivity (Wildman–Crippen MR) is 76.9 cm³/mol. The Morgan fingerprint density at radius 3 is 2.79 bits per heavy atom. The lowest BCUT2D eigenvalue weighted by atomic mass is 10.0. The van der Waals surface area contributed by atoms with Crippen LogP contribution in [0.25, 0.3) is 10.9 Å². The van der Waals surface area contributed by atoms with Crippen LogP contribution in [0.2, 0.25) is 0 Å². The molecular formula is C16H19NO2. The molecule has 3 nitrogen and oxygen atoms in total. The molecule has 3 rings (SSSR count). The number of ether oxygens (including phenoxy) is 1. The summed E-state index contributed by atoms with van der Waals surface area (Å²) in [6, 6.07) is 7.46. The number of pyridine rings is 1. The van der Waals surface area contributed by atoms with E-state index in [4.69, 9.17) is 4.74 Å². The van der Waals surface area contributed by atoms with Crippen molar-refractivity contribution in [2.24, 2.45) is 0 Å². The summed E-state index contributed by atoms with van der Waals surface area (Å²) < 4.78 is 5.45. The Labute approximate surface area is 112 Å². The lowest BCUT2D eigenvalue weighted by Gasteiger charge is -2.11. The summed E-state index contributed by atoms with van der Waals surface area (Å²) in [6.45, 7) is 2.56. The molecule has 19 heavy (non-hydrogen) atoms. The Morgan fingerprint density at radius 1 is 1.26 bits per heavy atom. The number of hydrogen-bond acceptors (Lipinski definition) is 2. The summed E-state index contributed by atoms with van der Waals surface area (Å²) in [6.07, 6.45) is 4.93. The fraction of sp³-hybridized carbons (Fsp3) is 0.438. The zero-order valence-corrected chi connectivity index (χ0v) is 11.2. The van der Waals surface area contributed by atoms with E-state index in [0.717, 1.165) is 17.0 Å². The molecule has 100 valence electrons. The van der Waals surface area contributed by atoms with Gasteiger partial charge in [-0.1, -0.05) is 12.8 Å². The first-order valence-electron chi connectivity index (χ1n) is 7.07. The molecule has 1 fully saturated rings. The minimum Gasteiger partial charge on any atom is -0.494 e. The Hall–Kier alpha value is -1.77. The fourth-order valence-electron chi connectivity index (χ4n) is 2.96. The Morgan fingerprint density at radius 2 is 2.05 bits per heavy atom. The molecule has 1 aliphatic carbocycles. The van der Waals surface area contributed by atoms with Crippen LogP contribution in [0.15, 0.2) is 29.1 Å². The average molecular weight is 257 g/mol. The van der Waals surface area contributed by atoms with Gasteiger partial charge in [-0.15, -0.1) is 0 Å². The lowest BCUT2D eigenvalue weighted by Crippen LogP contribution is -2.07. The van der Waals surface area contributed by atoms with Gasteiger partial charge in [0.1, 0.15) is 5.75 Å². The van der Waals surface area contributed by atoms with Gasteiger partial charge in [-0.05, 0) is 43.9 Å². The molecule has 2 aromatic rings. The highest BCUT2D eigenvalue weighted by molar-refractivity contribution is 5.80. The van der Waals surface area contributed by atoms with E-state index in [0.29, 0.717) is 17.9 Å². The van der Waals surface area contributed by atoms with Gasteiger partial charge in [-0.3, -0.25) is 4.79 Å². The van der Waals surface area contributed by atoms with Crippen LogP contribution in [0.1, 0.15) is 44.2 Å². The Kier molecular flexibility index (Phi) is 3.28. The minimum absolute atomic E-state index is 0.0946. The first-order valence-corrected chi connectivity index (χ1v) is 7.07. The van der Waals surface area contributed by atoms with Crippen LogP contribution in [0.5, 0.6) is 5.75 Å². The molecule has 1 aromatic carbocycles. The number of rotatable bonds is 3. The van der Waals surface area contributed by atoms with Gasteiger partial charge in [0.2, 0.25) is 0 Å². The topological polar surface area (TPSA) is 42.1 Å². The standard InChI is InChI=1S/C16H19NO2/c1-2-19-12-7-8-14-13(9-12)16(18)10-15(17-14)11-5-3-4-6-11/h7-11H,2-6H2,1H3,(H,17,18). The zero-order valence-electron chi connectivity index (χ0n) is 11.2. The molecule has 0 aliphatic heterocycles. The number of aromatic nitrogens is 1. The molecule has 0 bridgehead atoms. The monoisotopic (exact) mass is 257 g/mol. The van der Waals surface area contributed by atoms with Gasteiger partial charge < -0.3 is 9.72 Å². The van der Waals surface area contributed by atoms with Gasteiger partial charge >= 0.3 is 0 Å². The predicted octanol–water partition coefficient (Wildman–Crippen LogP) is 3.58. The third-order valence-corrected chi connectivity index (χ3v) is 3.93. The van der Waals surface area contributed by atoms with Crippen LogP contribution in [-0.4, -0.2) is 11.6 Å². The van der Waals surface area contributed by atoms with Crippen molar-refractivity contribution >= 4 is 10.9 Å². The summed E-state index contributed by atoms with van der Waals surface area (Å²) in [5.74, 6) is 1.29. The maximum Gasteiger partial charge on any atom is 0.189 e. The molecule has 0 spiro atoms.